The Morgan fingerprint density at radius 1 is 1.26 bits per heavy atom. The average Bonchev–Trinajstić information content (AvgIpc) is 2.28. The van der Waals surface area contributed by atoms with E-state index in [4.69, 9.17) is 5.11 Å². The van der Waals surface area contributed by atoms with Crippen LogP contribution in [0.15, 0.2) is 30.3 Å². The maximum absolute atomic E-state index is 12.3. The minimum Gasteiger partial charge on any atom is -0.481 e. The number of aliphatic carboxylic acids is 1. The zero-order valence-electron chi connectivity index (χ0n) is 11.1. The molecule has 0 aromatic heterocycles. The summed E-state index contributed by atoms with van der Waals surface area (Å²) in [5, 5.41) is 8.74. The van der Waals surface area contributed by atoms with Crippen LogP contribution in [0.5, 0.6) is 0 Å². The number of rotatable bonds is 7. The Labute approximate surface area is 113 Å². The Hall–Kier alpha value is -1.56. The summed E-state index contributed by atoms with van der Waals surface area (Å²) in [6.07, 6.45) is -0.216. The normalized spacial score (nSPS) is 11.5. The molecule has 0 heterocycles. The largest absolute Gasteiger partial charge is 0.481 e. The highest BCUT2D eigenvalue weighted by Crippen LogP contribution is 2.19. The van der Waals surface area contributed by atoms with Gasteiger partial charge in [-0.3, -0.25) is 9.10 Å². The quantitative estimate of drug-likeness (QED) is 0.831. The van der Waals surface area contributed by atoms with Gasteiger partial charge in [0.2, 0.25) is 10.0 Å². The molecule has 0 unspecified atom stereocenters. The number of anilines is 1. The minimum absolute atomic E-state index is 0.00150. The van der Waals surface area contributed by atoms with Crippen LogP contribution >= 0.6 is 0 Å². The molecule has 1 aromatic rings. The van der Waals surface area contributed by atoms with Crippen molar-refractivity contribution in [3.63, 3.8) is 0 Å². The highest BCUT2D eigenvalue weighted by atomic mass is 32.2. The van der Waals surface area contributed by atoms with E-state index in [0.29, 0.717) is 5.69 Å². The standard InChI is InChI=1S/C13H19NO4S/c1-11(2)10-19(17,18)14(9-8-13(15)16)12-6-4-3-5-7-12/h3-7,11H,8-10H2,1-2H3,(H,15,16). The van der Waals surface area contributed by atoms with Gasteiger partial charge in [0, 0.05) is 6.54 Å². The molecule has 0 aliphatic carbocycles. The summed E-state index contributed by atoms with van der Waals surface area (Å²) in [6, 6.07) is 8.58. The van der Waals surface area contributed by atoms with Gasteiger partial charge in [0.05, 0.1) is 17.9 Å². The van der Waals surface area contributed by atoms with Gasteiger partial charge in [0.1, 0.15) is 0 Å². The minimum atomic E-state index is -3.50. The third-order valence-electron chi connectivity index (χ3n) is 2.45. The predicted molar refractivity (Wildman–Crippen MR) is 74.7 cm³/mol. The number of hydrogen-bond donors (Lipinski definition) is 1. The molecule has 0 atom stereocenters. The van der Waals surface area contributed by atoms with E-state index in [2.05, 4.69) is 0 Å². The van der Waals surface area contributed by atoms with Crippen LogP contribution in [0, 0.1) is 5.92 Å². The van der Waals surface area contributed by atoms with E-state index >= 15 is 0 Å². The molecule has 0 radical (unpaired) electrons. The van der Waals surface area contributed by atoms with Crippen molar-refractivity contribution in [2.75, 3.05) is 16.6 Å². The lowest BCUT2D eigenvalue weighted by atomic mass is 10.3. The SMILES string of the molecule is CC(C)CS(=O)(=O)N(CCC(=O)O)c1ccccc1. The number of carbonyl (C=O) groups is 1. The van der Waals surface area contributed by atoms with Crippen molar-refractivity contribution < 1.29 is 18.3 Å². The lowest BCUT2D eigenvalue weighted by Gasteiger charge is -2.24. The van der Waals surface area contributed by atoms with Gasteiger partial charge >= 0.3 is 5.97 Å². The van der Waals surface area contributed by atoms with Gasteiger partial charge in [0.15, 0.2) is 0 Å². The first-order valence-electron chi connectivity index (χ1n) is 6.10. The maximum atomic E-state index is 12.3. The van der Waals surface area contributed by atoms with Gasteiger partial charge in [-0.25, -0.2) is 8.42 Å². The lowest BCUT2D eigenvalue weighted by molar-refractivity contribution is -0.136. The van der Waals surface area contributed by atoms with Crippen molar-refractivity contribution in [3.8, 4) is 0 Å². The molecular weight excluding hydrogens is 266 g/mol. The number of nitrogens with zero attached hydrogens (tertiary/aromatic N) is 1. The first-order chi connectivity index (χ1) is 8.83. The molecule has 1 N–H and O–H groups in total. The van der Waals surface area contributed by atoms with Crippen LogP contribution in [-0.2, 0) is 14.8 Å². The molecular formula is C13H19NO4S. The van der Waals surface area contributed by atoms with Crippen LogP contribution in [0.3, 0.4) is 0 Å². The van der Waals surface area contributed by atoms with Gasteiger partial charge in [0.25, 0.3) is 0 Å². The Morgan fingerprint density at radius 3 is 2.32 bits per heavy atom. The Bertz CT molecular complexity index is 511. The molecule has 1 rings (SSSR count). The number of benzene rings is 1. The summed E-state index contributed by atoms with van der Waals surface area (Å²) in [4.78, 5) is 10.7. The van der Waals surface area contributed by atoms with Crippen molar-refractivity contribution in [3.05, 3.63) is 30.3 Å². The molecule has 0 aliphatic heterocycles. The van der Waals surface area contributed by atoms with Crippen molar-refractivity contribution in [1.29, 1.82) is 0 Å². The van der Waals surface area contributed by atoms with Crippen molar-refractivity contribution in [2.24, 2.45) is 5.92 Å². The highest BCUT2D eigenvalue weighted by Gasteiger charge is 2.24. The zero-order valence-corrected chi connectivity index (χ0v) is 11.9. The first-order valence-corrected chi connectivity index (χ1v) is 7.71. The number of carboxylic acid groups (broad SMARTS) is 1. The maximum Gasteiger partial charge on any atom is 0.305 e. The molecule has 0 amide bonds. The van der Waals surface area contributed by atoms with E-state index in [1.54, 1.807) is 30.3 Å². The predicted octanol–water partition coefficient (Wildman–Crippen LogP) is 1.95. The van der Waals surface area contributed by atoms with Gasteiger partial charge in [-0.05, 0) is 18.1 Å². The molecule has 5 nitrogen and oxygen atoms in total. The van der Waals surface area contributed by atoms with E-state index in [1.165, 1.54) is 4.31 Å². The fraction of sp³-hybridized carbons (Fsp3) is 0.462. The average molecular weight is 285 g/mol. The third kappa shape index (κ3) is 4.90. The second kappa shape index (κ2) is 6.56. The first kappa shape index (κ1) is 15.5. The van der Waals surface area contributed by atoms with E-state index < -0.39 is 16.0 Å². The van der Waals surface area contributed by atoms with E-state index in [9.17, 15) is 13.2 Å². The molecule has 0 aliphatic rings. The molecule has 1 aromatic carbocycles. The molecule has 6 heteroatoms. The second-order valence-corrected chi connectivity index (χ2v) is 6.66. The molecule has 0 saturated carbocycles. The topological polar surface area (TPSA) is 74.7 Å². The smallest absolute Gasteiger partial charge is 0.305 e. The van der Waals surface area contributed by atoms with Gasteiger partial charge < -0.3 is 5.11 Å². The number of sulfonamides is 1. The van der Waals surface area contributed by atoms with Crippen LogP contribution in [0.25, 0.3) is 0 Å². The van der Waals surface area contributed by atoms with Crippen molar-refractivity contribution in [2.45, 2.75) is 20.3 Å². The van der Waals surface area contributed by atoms with Crippen LogP contribution in [0.1, 0.15) is 20.3 Å². The molecule has 106 valence electrons. The van der Waals surface area contributed by atoms with Crippen LogP contribution in [-0.4, -0.2) is 31.8 Å². The Morgan fingerprint density at radius 2 is 1.84 bits per heavy atom. The van der Waals surface area contributed by atoms with E-state index in [1.807, 2.05) is 13.8 Å². The Balaban J connectivity index is 3.02. The Kier molecular flexibility index (Phi) is 5.35. The van der Waals surface area contributed by atoms with Gasteiger partial charge in [-0.2, -0.15) is 0 Å². The third-order valence-corrected chi connectivity index (χ3v) is 4.61. The number of carboxylic acids is 1. The lowest BCUT2D eigenvalue weighted by Crippen LogP contribution is -2.36. The van der Waals surface area contributed by atoms with Crippen LogP contribution in [0.2, 0.25) is 0 Å². The molecule has 0 spiro atoms. The summed E-state index contributed by atoms with van der Waals surface area (Å²) in [5.41, 5.74) is 0.504. The summed E-state index contributed by atoms with van der Waals surface area (Å²) in [5.74, 6) is -1.02. The van der Waals surface area contributed by atoms with Gasteiger partial charge in [-0.15, -0.1) is 0 Å². The summed E-state index contributed by atoms with van der Waals surface area (Å²) in [7, 11) is -3.50. The highest BCUT2D eigenvalue weighted by molar-refractivity contribution is 7.92. The van der Waals surface area contributed by atoms with Crippen molar-refractivity contribution >= 4 is 21.7 Å². The van der Waals surface area contributed by atoms with Crippen LogP contribution in [0.4, 0.5) is 5.69 Å². The van der Waals surface area contributed by atoms with Crippen LogP contribution < -0.4 is 4.31 Å². The van der Waals surface area contributed by atoms with Crippen molar-refractivity contribution in [1.82, 2.24) is 0 Å². The second-order valence-electron chi connectivity index (χ2n) is 4.72. The fourth-order valence-corrected chi connectivity index (χ4v) is 3.57. The molecule has 0 bridgehead atoms. The number of para-hydroxylation sites is 1. The fourth-order valence-electron chi connectivity index (χ4n) is 1.73. The summed E-state index contributed by atoms with van der Waals surface area (Å²) < 4.78 is 25.8. The number of hydrogen-bond acceptors (Lipinski definition) is 3. The van der Waals surface area contributed by atoms with E-state index in [0.717, 1.165) is 0 Å². The monoisotopic (exact) mass is 285 g/mol. The molecule has 19 heavy (non-hydrogen) atoms. The summed E-state index contributed by atoms with van der Waals surface area (Å²) >= 11 is 0. The summed E-state index contributed by atoms with van der Waals surface area (Å²) in [6.45, 7) is 3.59. The van der Waals surface area contributed by atoms with E-state index in [-0.39, 0.29) is 24.6 Å². The van der Waals surface area contributed by atoms with Gasteiger partial charge in [-0.1, -0.05) is 32.0 Å². The molecule has 0 saturated heterocycles. The molecule has 0 fully saturated rings. The zero-order chi connectivity index (χ0) is 14.5.